The number of carboxylic acid groups (broad SMARTS) is 1. The van der Waals surface area contributed by atoms with Crippen molar-refractivity contribution in [3.05, 3.63) is 177 Å². The first-order valence-electron chi connectivity index (χ1n) is 30.1. The SMILES string of the molecule is CCOC(=O)[C@H](C)OP(=O)(CCN1CCN(C(=O)c2c3c(c(C)c4ncccc24)C(=O)N(Cc2ccc(F)cc2)C3)CC1)Oc1ccccc1.C[C@H](OP(=O)(O)CCN1CCN(C(=O)c2c3c(c(O)c4ncccc24)C(=O)N(Cc2ccc(F)cc2)C3)CC1)C(=O)O. The Hall–Kier alpha value is -8.54. The number of aliphatic carboxylic acids is 1. The Morgan fingerprint density at radius 3 is 1.61 bits per heavy atom. The summed E-state index contributed by atoms with van der Waals surface area (Å²) in [6.45, 7) is 10.9. The van der Waals surface area contributed by atoms with Gasteiger partial charge in [0.15, 0.2) is 18.0 Å². The average molecular weight is 1300 g/mol. The molecule has 92 heavy (non-hydrogen) atoms. The number of rotatable bonds is 21. The summed E-state index contributed by atoms with van der Waals surface area (Å²) in [6, 6.07) is 27.4. The number of piperazine rings is 2. The minimum Gasteiger partial charge on any atom is -0.505 e. The van der Waals surface area contributed by atoms with E-state index in [2.05, 4.69) is 14.9 Å². The molecular weight excluding hydrogens is 1230 g/mol. The van der Waals surface area contributed by atoms with Crippen molar-refractivity contribution < 1.29 is 80.1 Å². The minimum atomic E-state index is -4.12. The second-order valence-corrected chi connectivity index (χ2v) is 26.8. The van der Waals surface area contributed by atoms with Gasteiger partial charge in [-0.15, -0.1) is 0 Å². The number of phenolic OH excluding ortho intramolecular Hbond substituents is 1. The van der Waals surface area contributed by atoms with Crippen LogP contribution >= 0.6 is 15.2 Å². The molecule has 7 aromatic rings. The maximum Gasteiger partial charge on any atom is 0.381 e. The number of ether oxygens (including phenoxy) is 1. The zero-order valence-corrected chi connectivity index (χ0v) is 52.9. The summed E-state index contributed by atoms with van der Waals surface area (Å²) < 4.78 is 74.6. The minimum absolute atomic E-state index is 0.0212. The van der Waals surface area contributed by atoms with E-state index in [9.17, 15) is 56.7 Å². The van der Waals surface area contributed by atoms with Crippen LogP contribution in [0.4, 0.5) is 8.78 Å². The van der Waals surface area contributed by atoms with Crippen LogP contribution in [-0.4, -0.2) is 187 Å². The number of fused-ring (bicyclic) bond motifs is 4. The highest BCUT2D eigenvalue weighted by atomic mass is 31.2. The Morgan fingerprint density at radius 1 is 0.620 bits per heavy atom. The molecule has 0 radical (unpaired) electrons. The fourth-order valence-corrected chi connectivity index (χ4v) is 14.8. The van der Waals surface area contributed by atoms with Crippen molar-refractivity contribution in [1.82, 2.24) is 39.4 Å². The number of phenols is 1. The van der Waals surface area contributed by atoms with Crippen molar-refractivity contribution in [2.45, 2.75) is 66.1 Å². The number of carbonyl (C=O) groups is 6. The predicted molar refractivity (Wildman–Crippen MR) is 334 cm³/mol. The van der Waals surface area contributed by atoms with E-state index in [1.165, 1.54) is 49.2 Å². The molecule has 11 rings (SSSR count). The fourth-order valence-electron chi connectivity index (χ4n) is 11.8. The van der Waals surface area contributed by atoms with Gasteiger partial charge in [0.05, 0.1) is 46.7 Å². The van der Waals surface area contributed by atoms with Crippen molar-refractivity contribution in [1.29, 1.82) is 0 Å². The van der Waals surface area contributed by atoms with E-state index < -0.39 is 51.1 Å². The smallest absolute Gasteiger partial charge is 0.381 e. The van der Waals surface area contributed by atoms with E-state index in [4.69, 9.17) is 23.4 Å². The summed E-state index contributed by atoms with van der Waals surface area (Å²) in [7, 11) is -7.91. The summed E-state index contributed by atoms with van der Waals surface area (Å²) >= 11 is 0. The Labute approximate surface area is 529 Å². The van der Waals surface area contributed by atoms with Crippen LogP contribution in [0.3, 0.4) is 0 Å². The molecule has 2 unspecified atom stereocenters. The van der Waals surface area contributed by atoms with Crippen LogP contribution in [0, 0.1) is 18.6 Å². The number of aromatic hydroxyl groups is 1. The molecule has 0 spiro atoms. The van der Waals surface area contributed by atoms with Gasteiger partial charge in [-0.1, -0.05) is 54.6 Å². The lowest BCUT2D eigenvalue weighted by Crippen LogP contribution is -2.49. The number of carboxylic acids is 1. The number of esters is 1. The summed E-state index contributed by atoms with van der Waals surface area (Å²) in [5.74, 6) is -3.78. The molecule has 0 aliphatic carbocycles. The molecule has 4 atom stereocenters. The van der Waals surface area contributed by atoms with E-state index in [0.717, 1.165) is 11.1 Å². The molecule has 4 amide bonds. The van der Waals surface area contributed by atoms with Gasteiger partial charge in [-0.2, -0.15) is 0 Å². The highest BCUT2D eigenvalue weighted by Crippen LogP contribution is 2.50. The molecular formula is C65H70F2N8O15P2. The van der Waals surface area contributed by atoms with Crippen LogP contribution < -0.4 is 4.52 Å². The third-order valence-corrected chi connectivity index (χ3v) is 19.8. The lowest BCUT2D eigenvalue weighted by atomic mass is 9.92. The van der Waals surface area contributed by atoms with Gasteiger partial charge in [0.25, 0.3) is 23.6 Å². The molecule has 3 N–H and O–H groups in total. The lowest BCUT2D eigenvalue weighted by molar-refractivity contribution is -0.150. The largest absolute Gasteiger partial charge is 0.505 e. The monoisotopic (exact) mass is 1300 g/mol. The molecule has 0 saturated carbocycles. The van der Waals surface area contributed by atoms with Gasteiger partial charge < -0.3 is 44.0 Å². The summed E-state index contributed by atoms with van der Waals surface area (Å²) in [5, 5.41) is 21.1. The van der Waals surface area contributed by atoms with E-state index >= 15 is 0 Å². The molecule has 2 saturated heterocycles. The topological polar surface area (TPSA) is 279 Å². The Morgan fingerprint density at radius 2 is 1.10 bits per heavy atom. The number of aryl methyl sites for hydroxylation is 1. The highest BCUT2D eigenvalue weighted by molar-refractivity contribution is 7.54. The molecule has 484 valence electrons. The number of pyridine rings is 2. The van der Waals surface area contributed by atoms with Crippen molar-refractivity contribution >= 4 is 72.6 Å². The van der Waals surface area contributed by atoms with Crippen LogP contribution in [0.1, 0.15) is 90.0 Å². The highest BCUT2D eigenvalue weighted by Gasteiger charge is 2.41. The number of amides is 4. The first kappa shape index (κ1) is 66.4. The van der Waals surface area contributed by atoms with Crippen molar-refractivity contribution in [3.63, 3.8) is 0 Å². The lowest BCUT2D eigenvalue weighted by Gasteiger charge is -2.35. The Balaban J connectivity index is 0.000000205. The van der Waals surface area contributed by atoms with Gasteiger partial charge in [-0.3, -0.25) is 52.6 Å². The van der Waals surface area contributed by atoms with Gasteiger partial charge in [-0.05, 0) is 98.5 Å². The molecule has 23 nitrogen and oxygen atoms in total. The first-order valence-corrected chi connectivity index (χ1v) is 33.6. The van der Waals surface area contributed by atoms with Crippen molar-refractivity contribution in [2.24, 2.45) is 0 Å². The number of hydrogen-bond donors (Lipinski definition) is 3. The first-order chi connectivity index (χ1) is 44.0. The van der Waals surface area contributed by atoms with Gasteiger partial charge in [-0.25, -0.2) is 22.9 Å². The number of halogens is 2. The second kappa shape index (κ2) is 28.5. The molecule has 2 aromatic heterocycles. The number of nitrogens with zero attached hydrogens (tertiary/aromatic N) is 8. The fraction of sp³-hybridized carbons (Fsp3) is 0.354. The Kier molecular flexibility index (Phi) is 20.6. The zero-order chi connectivity index (χ0) is 65.6. The summed E-state index contributed by atoms with van der Waals surface area (Å²) in [6.07, 6.45) is 0.391. The van der Waals surface area contributed by atoms with Crippen molar-refractivity contribution in [3.8, 4) is 11.5 Å². The van der Waals surface area contributed by atoms with Gasteiger partial charge in [0.2, 0.25) is 0 Å². The van der Waals surface area contributed by atoms with Crippen LogP contribution in [0.5, 0.6) is 11.5 Å². The van der Waals surface area contributed by atoms with E-state index in [-0.39, 0.29) is 97.6 Å². The number of aromatic nitrogens is 2. The number of carbonyl (C=O) groups excluding carboxylic acids is 5. The Bertz CT molecular complexity index is 4040. The number of para-hydroxylation sites is 1. The van der Waals surface area contributed by atoms with Gasteiger partial charge in [0, 0.05) is 120 Å². The molecule has 4 aliphatic rings. The predicted octanol–water partition coefficient (Wildman–Crippen LogP) is 8.50. The molecule has 6 heterocycles. The zero-order valence-electron chi connectivity index (χ0n) is 51.1. The standard InChI is InChI=1S/C37H40FN4O7P.C28H30FN4O8P/c1-4-47-37(45)26(3)48-50(46,49-29-9-6-5-7-10-29)22-21-40-17-19-41(20-18-40)36(44)33-30-11-8-16-39-34(30)25(2)32-31(33)24-42(35(32)43)23-27-12-14-28(38)15-13-27;1-17(28(37)38)41-42(39,40)14-13-31-9-11-32(12-10-31)26(35)22-20-3-2-8-30-24(20)25(34)23-21(22)16-33(27(23)36)15-18-4-6-19(29)7-5-18/h5-16,26H,4,17-24H2,1-3H3;2-8,17,34H,9-16H2,1H3,(H,37,38)(H,39,40)/t26-,50?;17-/m00/s1. The van der Waals surface area contributed by atoms with E-state index in [1.54, 1.807) is 94.6 Å². The van der Waals surface area contributed by atoms with Crippen LogP contribution in [0.25, 0.3) is 21.8 Å². The maximum atomic E-state index is 14.3. The molecule has 4 aliphatic heterocycles. The number of benzene rings is 5. The average Bonchev–Trinajstić information content (AvgIpc) is 1.51. The molecule has 2 fully saturated rings. The van der Waals surface area contributed by atoms with Gasteiger partial charge in [0.1, 0.15) is 22.9 Å². The van der Waals surface area contributed by atoms with Crippen molar-refractivity contribution in [2.75, 3.05) is 84.4 Å². The number of hydrogen-bond acceptors (Lipinski definition) is 17. The van der Waals surface area contributed by atoms with E-state index in [1.807, 2.05) is 24.0 Å². The normalized spacial score (nSPS) is 17.1. The van der Waals surface area contributed by atoms with Crippen LogP contribution in [0.15, 0.2) is 116 Å². The summed E-state index contributed by atoms with van der Waals surface area (Å²) in [4.78, 5) is 108. The molecule has 27 heteroatoms. The van der Waals surface area contributed by atoms with Crippen LogP contribution in [-0.2, 0) is 58.7 Å². The van der Waals surface area contributed by atoms with Crippen LogP contribution in [0.2, 0.25) is 0 Å². The maximum absolute atomic E-state index is 14.3. The molecule has 5 aromatic carbocycles. The third-order valence-electron chi connectivity index (χ3n) is 16.6. The quantitative estimate of drug-likeness (QED) is 0.0449. The van der Waals surface area contributed by atoms with Gasteiger partial charge >= 0.3 is 27.1 Å². The van der Waals surface area contributed by atoms with E-state index in [0.29, 0.717) is 109 Å². The third kappa shape index (κ3) is 15.0. The second-order valence-electron chi connectivity index (χ2n) is 22.8. The molecule has 0 bridgehead atoms. The summed E-state index contributed by atoms with van der Waals surface area (Å²) in [5.41, 5.74) is 5.31.